The Balaban J connectivity index is 2.20. The van der Waals surface area contributed by atoms with Crippen LogP contribution in [-0.4, -0.2) is 29.7 Å². The molecule has 1 aromatic heterocycles. The fourth-order valence-electron chi connectivity index (χ4n) is 1.45. The molecule has 1 N–H and O–H groups in total. The highest BCUT2D eigenvalue weighted by molar-refractivity contribution is 6.29. The molecule has 0 aliphatic rings. The molecule has 1 rings (SSSR count). The minimum absolute atomic E-state index is 0.489. The van der Waals surface area contributed by atoms with Crippen molar-refractivity contribution in [1.29, 1.82) is 0 Å². The van der Waals surface area contributed by atoms with Gasteiger partial charge in [-0.05, 0) is 12.8 Å². The van der Waals surface area contributed by atoms with Gasteiger partial charge in [-0.1, -0.05) is 31.9 Å². The van der Waals surface area contributed by atoms with Gasteiger partial charge in [-0.15, -0.1) is 0 Å². The lowest BCUT2D eigenvalue weighted by molar-refractivity contribution is 0.131. The molecule has 0 unspecified atom stereocenters. The zero-order valence-electron chi connectivity index (χ0n) is 11.2. The normalized spacial score (nSPS) is 10.6. The van der Waals surface area contributed by atoms with E-state index in [1.54, 1.807) is 6.07 Å². The van der Waals surface area contributed by atoms with E-state index >= 15 is 0 Å². The lowest BCUT2D eigenvalue weighted by Gasteiger charge is -2.07. The number of hydrogen-bond acceptors (Lipinski definition) is 4. The zero-order valence-corrected chi connectivity index (χ0v) is 12.0. The predicted molar refractivity (Wildman–Crippen MR) is 75.3 cm³/mol. The Hall–Kier alpha value is -0.870. The van der Waals surface area contributed by atoms with Crippen molar-refractivity contribution in [3.8, 4) is 0 Å². The lowest BCUT2D eigenvalue weighted by Crippen LogP contribution is -2.08. The van der Waals surface area contributed by atoms with Crippen molar-refractivity contribution < 1.29 is 4.74 Å². The van der Waals surface area contributed by atoms with Crippen LogP contribution in [0.25, 0.3) is 0 Å². The first-order valence-electron chi connectivity index (χ1n) is 6.61. The Kier molecular flexibility index (Phi) is 7.69. The summed E-state index contributed by atoms with van der Waals surface area (Å²) < 4.78 is 5.48. The molecular weight excluding hydrogens is 250 g/mol. The first-order chi connectivity index (χ1) is 8.76. The summed E-state index contributed by atoms with van der Waals surface area (Å²) in [5.41, 5.74) is 0. The second-order valence-corrected chi connectivity index (χ2v) is 4.48. The van der Waals surface area contributed by atoms with Crippen LogP contribution in [-0.2, 0) is 11.2 Å². The van der Waals surface area contributed by atoms with E-state index in [9.17, 15) is 0 Å². The Bertz CT molecular complexity index is 347. The average molecular weight is 272 g/mol. The molecule has 0 saturated heterocycles. The molecule has 18 heavy (non-hydrogen) atoms. The summed E-state index contributed by atoms with van der Waals surface area (Å²) in [6.45, 7) is 6.65. The van der Waals surface area contributed by atoms with E-state index in [0.717, 1.165) is 50.7 Å². The topological polar surface area (TPSA) is 47.0 Å². The number of unbranched alkanes of at least 4 members (excludes halogenated alkanes) is 1. The predicted octanol–water partition coefficient (Wildman–Crippen LogP) is 3.31. The van der Waals surface area contributed by atoms with Gasteiger partial charge < -0.3 is 10.1 Å². The smallest absolute Gasteiger partial charge is 0.134 e. The SMILES string of the molecule is CCCCOCCCNc1cc(Cl)nc(CC)n1. The largest absolute Gasteiger partial charge is 0.381 e. The van der Waals surface area contributed by atoms with Crippen LogP contribution in [0.2, 0.25) is 5.15 Å². The van der Waals surface area contributed by atoms with E-state index in [4.69, 9.17) is 16.3 Å². The maximum Gasteiger partial charge on any atom is 0.134 e. The number of nitrogens with zero attached hydrogens (tertiary/aromatic N) is 2. The summed E-state index contributed by atoms with van der Waals surface area (Å²) in [5, 5.41) is 3.72. The van der Waals surface area contributed by atoms with Crippen LogP contribution in [0.3, 0.4) is 0 Å². The quantitative estimate of drug-likeness (QED) is 0.553. The molecule has 0 bridgehead atoms. The monoisotopic (exact) mass is 271 g/mol. The van der Waals surface area contributed by atoms with E-state index in [-0.39, 0.29) is 0 Å². The highest BCUT2D eigenvalue weighted by atomic mass is 35.5. The Labute approximate surface area is 114 Å². The van der Waals surface area contributed by atoms with Gasteiger partial charge >= 0.3 is 0 Å². The van der Waals surface area contributed by atoms with Crippen molar-refractivity contribution in [1.82, 2.24) is 9.97 Å². The van der Waals surface area contributed by atoms with Gasteiger partial charge in [-0.2, -0.15) is 0 Å². The molecule has 0 aliphatic heterocycles. The fraction of sp³-hybridized carbons (Fsp3) is 0.692. The van der Waals surface area contributed by atoms with Gasteiger partial charge in [0.2, 0.25) is 0 Å². The van der Waals surface area contributed by atoms with Crippen LogP contribution in [0, 0.1) is 0 Å². The summed E-state index contributed by atoms with van der Waals surface area (Å²) >= 11 is 5.91. The van der Waals surface area contributed by atoms with Crippen molar-refractivity contribution in [2.45, 2.75) is 39.5 Å². The second kappa shape index (κ2) is 9.11. The third-order valence-electron chi connectivity index (χ3n) is 2.47. The second-order valence-electron chi connectivity index (χ2n) is 4.09. The minimum Gasteiger partial charge on any atom is -0.381 e. The Morgan fingerprint density at radius 1 is 1.22 bits per heavy atom. The Morgan fingerprint density at radius 3 is 2.72 bits per heavy atom. The molecule has 0 saturated carbocycles. The first-order valence-corrected chi connectivity index (χ1v) is 6.99. The number of aryl methyl sites for hydroxylation is 1. The molecule has 0 aliphatic carbocycles. The van der Waals surface area contributed by atoms with E-state index < -0.39 is 0 Å². The summed E-state index contributed by atoms with van der Waals surface area (Å²) in [4.78, 5) is 8.47. The van der Waals surface area contributed by atoms with E-state index in [2.05, 4.69) is 22.2 Å². The van der Waals surface area contributed by atoms with Gasteiger partial charge in [0.1, 0.15) is 16.8 Å². The molecule has 0 aromatic carbocycles. The van der Waals surface area contributed by atoms with Crippen molar-refractivity contribution >= 4 is 17.4 Å². The van der Waals surface area contributed by atoms with Gasteiger partial charge in [-0.3, -0.25) is 0 Å². The standard InChI is InChI=1S/C13H22ClN3O/c1-3-5-8-18-9-6-7-15-13-10-11(14)16-12(4-2)17-13/h10H,3-9H2,1-2H3,(H,15,16,17). The van der Waals surface area contributed by atoms with Gasteiger partial charge in [0, 0.05) is 32.2 Å². The Morgan fingerprint density at radius 2 is 2.00 bits per heavy atom. The highest BCUT2D eigenvalue weighted by Gasteiger charge is 2.01. The molecular formula is C13H22ClN3O. The molecule has 0 radical (unpaired) electrons. The van der Waals surface area contributed by atoms with Crippen LogP contribution >= 0.6 is 11.6 Å². The molecule has 1 heterocycles. The van der Waals surface area contributed by atoms with Crippen molar-refractivity contribution in [2.75, 3.05) is 25.1 Å². The summed E-state index contributed by atoms with van der Waals surface area (Å²) in [7, 11) is 0. The summed E-state index contributed by atoms with van der Waals surface area (Å²) in [6.07, 6.45) is 4.06. The fourth-order valence-corrected chi connectivity index (χ4v) is 1.65. The lowest BCUT2D eigenvalue weighted by atomic mass is 10.3. The molecule has 1 aromatic rings. The minimum atomic E-state index is 0.489. The van der Waals surface area contributed by atoms with E-state index in [0.29, 0.717) is 5.15 Å². The van der Waals surface area contributed by atoms with Crippen molar-refractivity contribution in [2.24, 2.45) is 0 Å². The number of nitrogens with one attached hydrogen (secondary N) is 1. The van der Waals surface area contributed by atoms with E-state index in [1.165, 1.54) is 6.42 Å². The van der Waals surface area contributed by atoms with Crippen molar-refractivity contribution in [3.05, 3.63) is 17.0 Å². The molecule has 0 fully saturated rings. The molecule has 0 atom stereocenters. The number of ether oxygens (including phenoxy) is 1. The van der Waals surface area contributed by atoms with Crippen LogP contribution in [0.15, 0.2) is 6.07 Å². The molecule has 0 spiro atoms. The number of hydrogen-bond donors (Lipinski definition) is 1. The average Bonchev–Trinajstić information content (AvgIpc) is 2.37. The van der Waals surface area contributed by atoms with Gasteiger partial charge in [0.05, 0.1) is 0 Å². The number of aromatic nitrogens is 2. The maximum absolute atomic E-state index is 5.91. The zero-order chi connectivity index (χ0) is 13.2. The van der Waals surface area contributed by atoms with Gasteiger partial charge in [0.15, 0.2) is 0 Å². The van der Waals surface area contributed by atoms with Crippen LogP contribution in [0.5, 0.6) is 0 Å². The van der Waals surface area contributed by atoms with Crippen molar-refractivity contribution in [3.63, 3.8) is 0 Å². The number of halogens is 1. The van der Waals surface area contributed by atoms with Crippen LogP contribution in [0.4, 0.5) is 5.82 Å². The van der Waals surface area contributed by atoms with Crippen LogP contribution < -0.4 is 5.32 Å². The third-order valence-corrected chi connectivity index (χ3v) is 2.66. The van der Waals surface area contributed by atoms with Gasteiger partial charge in [0.25, 0.3) is 0 Å². The maximum atomic E-state index is 5.91. The molecule has 5 heteroatoms. The number of rotatable bonds is 9. The third kappa shape index (κ3) is 6.17. The molecule has 4 nitrogen and oxygen atoms in total. The summed E-state index contributed by atoms with van der Waals surface area (Å²) in [5.74, 6) is 1.56. The van der Waals surface area contributed by atoms with Gasteiger partial charge in [-0.25, -0.2) is 9.97 Å². The molecule has 102 valence electrons. The summed E-state index contributed by atoms with van der Waals surface area (Å²) in [6, 6.07) is 1.75. The number of anilines is 1. The van der Waals surface area contributed by atoms with Crippen LogP contribution in [0.1, 0.15) is 38.9 Å². The first kappa shape index (κ1) is 15.2. The van der Waals surface area contributed by atoms with E-state index in [1.807, 2.05) is 6.92 Å². The molecule has 0 amide bonds. The highest BCUT2D eigenvalue weighted by Crippen LogP contribution is 2.11.